The molecule has 0 aromatic rings. The third-order valence-corrected chi connectivity index (χ3v) is 0.654. The lowest BCUT2D eigenvalue weighted by Gasteiger charge is -1.94. The van der Waals surface area contributed by atoms with E-state index in [1.54, 1.807) is 14.0 Å². The van der Waals surface area contributed by atoms with Gasteiger partial charge in [0, 0.05) is 13.3 Å². The van der Waals surface area contributed by atoms with Crippen molar-refractivity contribution in [3.63, 3.8) is 0 Å². The Kier molecular flexibility index (Phi) is 4.49. The van der Waals surface area contributed by atoms with Gasteiger partial charge in [0.2, 0.25) is 0 Å². The minimum atomic E-state index is -0.180. The zero-order valence-electron chi connectivity index (χ0n) is 5.55. The second-order valence-electron chi connectivity index (χ2n) is 1.31. The van der Waals surface area contributed by atoms with Gasteiger partial charge in [-0.3, -0.25) is 4.79 Å². The fourth-order valence-electron chi connectivity index (χ4n) is 0.243. The molecule has 0 unspecified atom stereocenters. The number of nitrogens with one attached hydrogen (secondary N) is 1. The fourth-order valence-corrected chi connectivity index (χ4v) is 0.243. The zero-order chi connectivity index (χ0) is 7.11. The van der Waals surface area contributed by atoms with Crippen LogP contribution < -0.4 is 5.32 Å². The topological polar surface area (TPSA) is 50.7 Å². The van der Waals surface area contributed by atoms with Crippen molar-refractivity contribution in [2.24, 2.45) is 5.16 Å². The van der Waals surface area contributed by atoms with Crippen molar-refractivity contribution in [1.29, 1.82) is 0 Å². The van der Waals surface area contributed by atoms with Crippen LogP contribution >= 0.6 is 0 Å². The smallest absolute Gasteiger partial charge is 0.260 e. The molecule has 0 aromatic heterocycles. The van der Waals surface area contributed by atoms with Gasteiger partial charge in [-0.15, -0.1) is 0 Å². The third kappa shape index (κ3) is 4.80. The fraction of sp³-hybridized carbons (Fsp3) is 0.600. The molecule has 0 radical (unpaired) electrons. The van der Waals surface area contributed by atoms with E-state index in [-0.39, 0.29) is 12.5 Å². The number of hydrogen-bond acceptors (Lipinski definition) is 3. The summed E-state index contributed by atoms with van der Waals surface area (Å²) in [5.41, 5.74) is 0. The minimum Gasteiger partial charge on any atom is -0.386 e. The summed E-state index contributed by atoms with van der Waals surface area (Å²) in [5, 5.41) is 5.76. The Balaban J connectivity index is 3.17. The molecule has 0 fully saturated rings. The normalized spacial score (nSPS) is 9.56. The molecule has 0 rings (SSSR count). The lowest BCUT2D eigenvalue weighted by Crippen LogP contribution is -2.22. The molecule has 0 spiro atoms. The van der Waals surface area contributed by atoms with Crippen LogP contribution in [0.15, 0.2) is 5.16 Å². The monoisotopic (exact) mass is 130 g/mol. The van der Waals surface area contributed by atoms with Crippen molar-refractivity contribution in [3.05, 3.63) is 0 Å². The summed E-state index contributed by atoms with van der Waals surface area (Å²) in [5.74, 6) is -0.180. The van der Waals surface area contributed by atoms with Crippen LogP contribution in [0.25, 0.3) is 0 Å². The molecular weight excluding hydrogens is 120 g/mol. The van der Waals surface area contributed by atoms with E-state index in [0.29, 0.717) is 0 Å². The molecule has 0 aliphatic rings. The Morgan fingerprint density at radius 3 is 3.00 bits per heavy atom. The van der Waals surface area contributed by atoms with Crippen LogP contribution in [0.4, 0.5) is 0 Å². The first kappa shape index (κ1) is 7.94. The molecule has 0 atom stereocenters. The van der Waals surface area contributed by atoms with Crippen molar-refractivity contribution in [2.75, 3.05) is 13.7 Å². The molecule has 0 aliphatic heterocycles. The molecule has 9 heavy (non-hydrogen) atoms. The summed E-state index contributed by atoms with van der Waals surface area (Å²) in [6.45, 7) is 1.70. The number of carbonyl (C=O) groups is 1. The Hall–Kier alpha value is -1.06. The minimum absolute atomic E-state index is 0.0131. The summed E-state index contributed by atoms with van der Waals surface area (Å²) in [6, 6.07) is 0. The van der Waals surface area contributed by atoms with E-state index in [9.17, 15) is 4.79 Å². The lowest BCUT2D eigenvalue weighted by molar-refractivity contribution is -0.125. The summed E-state index contributed by atoms with van der Waals surface area (Å²) in [4.78, 5) is 14.9. The molecule has 0 aliphatic carbocycles. The molecule has 0 aromatic carbocycles. The maximum atomic E-state index is 10.4. The number of amides is 1. The van der Waals surface area contributed by atoms with Gasteiger partial charge < -0.3 is 10.2 Å². The van der Waals surface area contributed by atoms with E-state index in [1.807, 2.05) is 0 Å². The van der Waals surface area contributed by atoms with E-state index >= 15 is 0 Å². The highest BCUT2D eigenvalue weighted by Gasteiger charge is 1.93. The predicted molar refractivity (Wildman–Crippen MR) is 34.2 cm³/mol. The van der Waals surface area contributed by atoms with Crippen LogP contribution in [-0.4, -0.2) is 25.8 Å². The number of oxime groups is 1. The van der Waals surface area contributed by atoms with Gasteiger partial charge in [-0.05, 0) is 6.92 Å². The van der Waals surface area contributed by atoms with Crippen LogP contribution in [0.2, 0.25) is 0 Å². The Bertz CT molecular complexity index is 112. The first-order chi connectivity index (χ1) is 4.31. The first-order valence-electron chi connectivity index (χ1n) is 2.61. The number of hydrogen-bond donors (Lipinski definition) is 1. The summed E-state index contributed by atoms with van der Waals surface area (Å²) >= 11 is 0. The maximum absolute atomic E-state index is 10.4. The van der Waals surface area contributed by atoms with Crippen molar-refractivity contribution >= 4 is 12.1 Å². The van der Waals surface area contributed by atoms with E-state index in [2.05, 4.69) is 15.3 Å². The van der Waals surface area contributed by atoms with Crippen LogP contribution in [0.5, 0.6) is 0 Å². The van der Waals surface area contributed by atoms with Gasteiger partial charge in [0.25, 0.3) is 5.91 Å². The molecule has 0 heterocycles. The second kappa shape index (κ2) is 5.08. The summed E-state index contributed by atoms with van der Waals surface area (Å²) in [6.07, 6.45) is 1.48. The molecule has 4 nitrogen and oxygen atoms in total. The van der Waals surface area contributed by atoms with Crippen molar-refractivity contribution < 1.29 is 9.63 Å². The Morgan fingerprint density at radius 2 is 2.56 bits per heavy atom. The quantitative estimate of drug-likeness (QED) is 0.423. The van der Waals surface area contributed by atoms with Gasteiger partial charge in [0.1, 0.15) is 0 Å². The molecule has 1 amide bonds. The van der Waals surface area contributed by atoms with E-state index in [4.69, 9.17) is 0 Å². The first-order valence-corrected chi connectivity index (χ1v) is 2.61. The highest BCUT2D eigenvalue weighted by atomic mass is 16.6. The Labute approximate surface area is 53.9 Å². The van der Waals surface area contributed by atoms with E-state index < -0.39 is 0 Å². The molecule has 4 heteroatoms. The Morgan fingerprint density at radius 1 is 1.89 bits per heavy atom. The molecule has 0 saturated heterocycles. The highest BCUT2D eigenvalue weighted by Crippen LogP contribution is 1.72. The van der Waals surface area contributed by atoms with Crippen LogP contribution in [0, 0.1) is 0 Å². The molecule has 0 bridgehead atoms. The molecule has 1 N–H and O–H groups in total. The lowest BCUT2D eigenvalue weighted by atomic mass is 10.7. The standard InChI is InChI=1S/C5H10N2O2/c1-3-7-9-4-5(8)6-2/h3H,4H2,1-2H3,(H,6,8)/b7-3+. The largest absolute Gasteiger partial charge is 0.386 e. The van der Waals surface area contributed by atoms with Crippen molar-refractivity contribution in [1.82, 2.24) is 5.32 Å². The average molecular weight is 130 g/mol. The van der Waals surface area contributed by atoms with E-state index in [0.717, 1.165) is 0 Å². The molecule has 52 valence electrons. The van der Waals surface area contributed by atoms with Crippen molar-refractivity contribution in [3.8, 4) is 0 Å². The molecule has 0 saturated carbocycles. The SMILES string of the molecule is C/C=N/OCC(=O)NC. The van der Waals surface area contributed by atoms with Crippen LogP contribution in [0.3, 0.4) is 0 Å². The van der Waals surface area contributed by atoms with Gasteiger partial charge in [0.15, 0.2) is 6.61 Å². The summed E-state index contributed by atoms with van der Waals surface area (Å²) < 4.78 is 0. The van der Waals surface area contributed by atoms with Crippen LogP contribution in [-0.2, 0) is 9.63 Å². The predicted octanol–water partition coefficient (Wildman–Crippen LogP) is -0.245. The van der Waals surface area contributed by atoms with Crippen LogP contribution in [0.1, 0.15) is 6.92 Å². The highest BCUT2D eigenvalue weighted by molar-refractivity contribution is 5.76. The number of likely N-dealkylation sites (N-methyl/N-ethyl adjacent to an activating group) is 1. The van der Waals surface area contributed by atoms with Gasteiger partial charge in [0.05, 0.1) is 0 Å². The van der Waals surface area contributed by atoms with Crippen molar-refractivity contribution in [2.45, 2.75) is 6.92 Å². The second-order valence-corrected chi connectivity index (χ2v) is 1.31. The number of nitrogens with zero attached hydrogens (tertiary/aromatic N) is 1. The van der Waals surface area contributed by atoms with Gasteiger partial charge in [-0.2, -0.15) is 0 Å². The maximum Gasteiger partial charge on any atom is 0.260 e. The zero-order valence-corrected chi connectivity index (χ0v) is 5.55. The van der Waals surface area contributed by atoms with E-state index in [1.165, 1.54) is 6.21 Å². The number of carbonyl (C=O) groups excluding carboxylic acids is 1. The van der Waals surface area contributed by atoms with Gasteiger partial charge in [-0.25, -0.2) is 0 Å². The molecular formula is C5H10N2O2. The van der Waals surface area contributed by atoms with Gasteiger partial charge >= 0.3 is 0 Å². The summed E-state index contributed by atoms with van der Waals surface area (Å²) in [7, 11) is 1.54. The number of rotatable bonds is 3. The third-order valence-electron chi connectivity index (χ3n) is 0.654. The van der Waals surface area contributed by atoms with Gasteiger partial charge in [-0.1, -0.05) is 5.16 Å². The average Bonchev–Trinajstić information content (AvgIpc) is 1.89.